The highest BCUT2D eigenvalue weighted by Gasteiger charge is 2.53. The molecule has 1 aliphatic heterocycles. The molecule has 0 aliphatic carbocycles. The molecule has 0 bridgehead atoms. The van der Waals surface area contributed by atoms with Gasteiger partial charge in [0.25, 0.3) is 0 Å². The molecule has 1 saturated heterocycles. The molecular formula is C16H22BN3O2. The van der Waals surface area contributed by atoms with Crippen molar-refractivity contribution in [2.45, 2.75) is 51.9 Å². The maximum absolute atomic E-state index is 6.17. The summed E-state index contributed by atoms with van der Waals surface area (Å²) in [6.07, 6.45) is 6.47. The zero-order valence-corrected chi connectivity index (χ0v) is 13.6. The van der Waals surface area contributed by atoms with Crippen molar-refractivity contribution in [3.63, 3.8) is 0 Å². The number of hydrogen-bond acceptors (Lipinski definition) is 4. The molecule has 6 heteroatoms. The molecule has 1 unspecified atom stereocenters. The predicted molar refractivity (Wildman–Crippen MR) is 85.9 cm³/mol. The molecule has 0 aromatic carbocycles. The maximum atomic E-state index is 6.17. The van der Waals surface area contributed by atoms with Crippen LogP contribution in [0.2, 0.25) is 0 Å². The Hall–Kier alpha value is -1.66. The number of rotatable bonds is 4. The number of aromatic nitrogens is 3. The Morgan fingerprint density at radius 2 is 2.05 bits per heavy atom. The van der Waals surface area contributed by atoms with E-state index >= 15 is 0 Å². The molecule has 0 N–H and O–H groups in total. The van der Waals surface area contributed by atoms with Gasteiger partial charge in [-0.15, -0.1) is 0 Å². The van der Waals surface area contributed by atoms with E-state index < -0.39 is 0 Å². The van der Waals surface area contributed by atoms with E-state index in [4.69, 9.17) is 9.31 Å². The highest BCUT2D eigenvalue weighted by molar-refractivity contribution is 6.62. The molecule has 0 saturated carbocycles. The van der Waals surface area contributed by atoms with Gasteiger partial charge in [0.2, 0.25) is 0 Å². The fraction of sp³-hybridized carbons (Fsp3) is 0.500. The van der Waals surface area contributed by atoms with Crippen molar-refractivity contribution in [2.24, 2.45) is 0 Å². The summed E-state index contributed by atoms with van der Waals surface area (Å²) in [5, 5.41) is 4.39. The van der Waals surface area contributed by atoms with E-state index in [0.717, 1.165) is 17.6 Å². The van der Waals surface area contributed by atoms with Crippen molar-refractivity contribution in [3.8, 4) is 0 Å². The molecule has 116 valence electrons. The Bertz CT molecular complexity index is 644. The molecule has 3 rings (SSSR count). The third-order valence-corrected chi connectivity index (χ3v) is 4.69. The summed E-state index contributed by atoms with van der Waals surface area (Å²) < 4.78 is 14.1. The molecule has 2 aromatic rings. The van der Waals surface area contributed by atoms with Crippen molar-refractivity contribution in [1.29, 1.82) is 0 Å². The van der Waals surface area contributed by atoms with E-state index in [-0.39, 0.29) is 18.3 Å². The Balaban J connectivity index is 1.75. The van der Waals surface area contributed by atoms with Crippen molar-refractivity contribution in [2.75, 3.05) is 0 Å². The molecule has 1 atom stereocenters. The summed E-state index contributed by atoms with van der Waals surface area (Å²) in [5.74, 6) is 0. The summed E-state index contributed by atoms with van der Waals surface area (Å²) in [6.45, 7) is 9.02. The van der Waals surface area contributed by atoms with E-state index in [2.05, 4.69) is 37.8 Å². The van der Waals surface area contributed by atoms with Gasteiger partial charge < -0.3 is 9.31 Å². The Kier molecular flexibility index (Phi) is 3.83. The normalized spacial score (nSPS) is 23.9. The zero-order chi connectivity index (χ0) is 15.8. The van der Waals surface area contributed by atoms with Crippen LogP contribution in [-0.4, -0.2) is 33.1 Å². The van der Waals surface area contributed by atoms with Gasteiger partial charge in [-0.25, -0.2) is 0 Å². The fourth-order valence-corrected chi connectivity index (χ4v) is 2.68. The minimum atomic E-state index is -0.363. The van der Waals surface area contributed by atoms with Crippen LogP contribution in [-0.2, 0) is 15.9 Å². The number of nitrogens with zero attached hydrogens (tertiary/aromatic N) is 3. The zero-order valence-electron chi connectivity index (χ0n) is 13.6. The quantitative estimate of drug-likeness (QED) is 0.810. The molecule has 1 aliphatic rings. The van der Waals surface area contributed by atoms with E-state index in [1.165, 1.54) is 0 Å². The molecule has 1 fully saturated rings. The molecule has 0 amide bonds. The van der Waals surface area contributed by atoms with Crippen molar-refractivity contribution in [1.82, 2.24) is 14.8 Å². The lowest BCUT2D eigenvalue weighted by molar-refractivity contribution is -0.0118. The van der Waals surface area contributed by atoms with Gasteiger partial charge >= 0.3 is 7.12 Å². The van der Waals surface area contributed by atoms with E-state index in [1.54, 1.807) is 6.20 Å². The van der Waals surface area contributed by atoms with Crippen LogP contribution in [0.15, 0.2) is 36.8 Å². The standard InChI is InChI=1S/C16H22BN3O2/c1-5-16(4)15(2,3)21-17(22-16)13-10-19-20(11-13)12-14-8-6-7-9-18-14/h6-11H,5,12H2,1-4H3. The predicted octanol–water partition coefficient (Wildman–Crippen LogP) is 2.02. The average molecular weight is 299 g/mol. The average Bonchev–Trinajstić information content (AvgIpc) is 3.04. The first-order valence-corrected chi connectivity index (χ1v) is 7.71. The van der Waals surface area contributed by atoms with Crippen molar-refractivity contribution < 1.29 is 9.31 Å². The van der Waals surface area contributed by atoms with Crippen LogP contribution >= 0.6 is 0 Å². The maximum Gasteiger partial charge on any atom is 0.498 e. The van der Waals surface area contributed by atoms with Crippen LogP contribution in [0.3, 0.4) is 0 Å². The van der Waals surface area contributed by atoms with Crippen LogP contribution in [0.5, 0.6) is 0 Å². The highest BCUT2D eigenvalue weighted by atomic mass is 16.7. The van der Waals surface area contributed by atoms with E-state index in [0.29, 0.717) is 6.54 Å². The topological polar surface area (TPSA) is 49.2 Å². The molecule has 5 nitrogen and oxygen atoms in total. The summed E-state index contributed by atoms with van der Waals surface area (Å²) in [4.78, 5) is 4.32. The van der Waals surface area contributed by atoms with Crippen LogP contribution in [0, 0.1) is 0 Å². The molecule has 0 spiro atoms. The largest absolute Gasteiger partial charge is 0.498 e. The molecule has 22 heavy (non-hydrogen) atoms. The first-order valence-electron chi connectivity index (χ1n) is 7.71. The number of pyridine rings is 1. The second-order valence-corrected chi connectivity index (χ2v) is 6.45. The van der Waals surface area contributed by atoms with Crippen LogP contribution in [0.1, 0.15) is 39.8 Å². The van der Waals surface area contributed by atoms with Gasteiger partial charge in [0.05, 0.1) is 23.4 Å². The van der Waals surface area contributed by atoms with Crippen molar-refractivity contribution >= 4 is 12.6 Å². The van der Waals surface area contributed by atoms with Gasteiger partial charge in [-0.05, 0) is 39.3 Å². The first-order chi connectivity index (χ1) is 10.4. The molecule has 3 heterocycles. The third kappa shape index (κ3) is 2.68. The minimum absolute atomic E-state index is 0.291. The summed E-state index contributed by atoms with van der Waals surface area (Å²) in [5.41, 5.74) is 1.31. The minimum Gasteiger partial charge on any atom is -0.399 e. The van der Waals surface area contributed by atoms with Gasteiger partial charge in [0.1, 0.15) is 0 Å². The van der Waals surface area contributed by atoms with Gasteiger partial charge in [0, 0.05) is 24.1 Å². The lowest BCUT2D eigenvalue weighted by Gasteiger charge is -2.35. The first kappa shape index (κ1) is 15.2. The van der Waals surface area contributed by atoms with E-state index in [9.17, 15) is 0 Å². The molecule has 0 radical (unpaired) electrons. The van der Waals surface area contributed by atoms with Crippen LogP contribution in [0.4, 0.5) is 0 Å². The smallest absolute Gasteiger partial charge is 0.399 e. The highest BCUT2D eigenvalue weighted by Crippen LogP contribution is 2.39. The van der Waals surface area contributed by atoms with Crippen LogP contribution in [0.25, 0.3) is 0 Å². The Morgan fingerprint density at radius 3 is 2.68 bits per heavy atom. The summed E-state index contributed by atoms with van der Waals surface area (Å²) in [7, 11) is -0.363. The van der Waals surface area contributed by atoms with Crippen LogP contribution < -0.4 is 5.46 Å². The summed E-state index contributed by atoms with van der Waals surface area (Å²) >= 11 is 0. The lowest BCUT2D eigenvalue weighted by Crippen LogP contribution is -2.44. The number of hydrogen-bond donors (Lipinski definition) is 0. The summed E-state index contributed by atoms with van der Waals surface area (Å²) in [6, 6.07) is 5.87. The second kappa shape index (κ2) is 5.52. The Morgan fingerprint density at radius 1 is 1.23 bits per heavy atom. The van der Waals surface area contributed by atoms with Gasteiger partial charge in [-0.1, -0.05) is 13.0 Å². The second-order valence-electron chi connectivity index (χ2n) is 6.45. The molecular weight excluding hydrogens is 277 g/mol. The van der Waals surface area contributed by atoms with E-state index in [1.807, 2.05) is 35.3 Å². The fourth-order valence-electron chi connectivity index (χ4n) is 2.68. The van der Waals surface area contributed by atoms with Gasteiger partial charge in [-0.3, -0.25) is 9.67 Å². The third-order valence-electron chi connectivity index (χ3n) is 4.69. The van der Waals surface area contributed by atoms with Crippen molar-refractivity contribution in [3.05, 3.63) is 42.5 Å². The lowest BCUT2D eigenvalue weighted by atomic mass is 9.82. The van der Waals surface area contributed by atoms with Gasteiger partial charge in [-0.2, -0.15) is 5.10 Å². The SMILES string of the molecule is CCC1(C)OB(c2cnn(Cc3ccccn3)c2)OC1(C)C. The molecule has 2 aromatic heterocycles. The monoisotopic (exact) mass is 299 g/mol. The Labute approximate surface area is 131 Å². The van der Waals surface area contributed by atoms with Gasteiger partial charge in [0.15, 0.2) is 0 Å².